The van der Waals surface area contributed by atoms with Gasteiger partial charge in [0.2, 0.25) is 11.8 Å². The van der Waals surface area contributed by atoms with Gasteiger partial charge in [0.25, 0.3) is 0 Å². The third kappa shape index (κ3) is 2.72. The molecule has 0 aromatic carbocycles. The number of amides is 2. The van der Waals surface area contributed by atoms with Gasteiger partial charge in [0.15, 0.2) is 0 Å². The molecule has 1 aliphatic rings. The lowest BCUT2D eigenvalue weighted by Gasteiger charge is -2.23. The molecule has 0 spiro atoms. The van der Waals surface area contributed by atoms with E-state index in [1.807, 2.05) is 0 Å². The normalized spacial score (nSPS) is 22.3. The molecule has 16 heavy (non-hydrogen) atoms. The van der Waals surface area contributed by atoms with Gasteiger partial charge >= 0.3 is 0 Å². The highest BCUT2D eigenvalue weighted by molar-refractivity contribution is 5.90. The number of carbonyl (C=O) groups is 2. The van der Waals surface area contributed by atoms with Crippen LogP contribution in [0.3, 0.4) is 0 Å². The first-order valence-electron chi connectivity index (χ1n) is 5.87. The lowest BCUT2D eigenvalue weighted by molar-refractivity contribution is -0.137. The smallest absolute Gasteiger partial charge is 0.242 e. The molecule has 0 aromatic rings. The monoisotopic (exact) mass is 227 g/mol. The van der Waals surface area contributed by atoms with Crippen molar-refractivity contribution >= 4 is 11.8 Å². The number of hydrogen-bond donors (Lipinski definition) is 2. The number of likely N-dealkylation sites (tertiary alicyclic amines) is 1. The minimum Gasteiger partial charge on any atom is -0.357 e. The van der Waals surface area contributed by atoms with E-state index in [-0.39, 0.29) is 23.9 Å². The number of rotatable bonds is 5. The maximum atomic E-state index is 12.0. The molecule has 1 rings (SSSR count). The third-order valence-electron chi connectivity index (χ3n) is 2.97. The van der Waals surface area contributed by atoms with E-state index in [1.54, 1.807) is 18.9 Å². The van der Waals surface area contributed by atoms with Crippen LogP contribution in [-0.4, -0.2) is 48.9 Å². The summed E-state index contributed by atoms with van der Waals surface area (Å²) in [5.41, 5.74) is 0. The lowest BCUT2D eigenvalue weighted by atomic mass is 10.2. The summed E-state index contributed by atoms with van der Waals surface area (Å²) in [6.45, 7) is 5.34. The molecular weight excluding hydrogens is 206 g/mol. The Morgan fingerprint density at radius 1 is 1.62 bits per heavy atom. The Hall–Kier alpha value is -1.10. The van der Waals surface area contributed by atoms with Gasteiger partial charge in [-0.05, 0) is 26.3 Å². The zero-order valence-corrected chi connectivity index (χ0v) is 10.2. The highest BCUT2D eigenvalue weighted by Crippen LogP contribution is 2.14. The van der Waals surface area contributed by atoms with Gasteiger partial charge in [-0.25, -0.2) is 0 Å². The first-order chi connectivity index (χ1) is 7.61. The number of likely N-dealkylation sites (N-methyl/N-ethyl adjacent to an activating group) is 1. The van der Waals surface area contributed by atoms with Crippen molar-refractivity contribution in [3.63, 3.8) is 0 Å². The van der Waals surface area contributed by atoms with Gasteiger partial charge in [-0.1, -0.05) is 6.92 Å². The fourth-order valence-corrected chi connectivity index (χ4v) is 1.94. The molecule has 2 atom stereocenters. The van der Waals surface area contributed by atoms with Crippen molar-refractivity contribution in [3.05, 3.63) is 0 Å². The van der Waals surface area contributed by atoms with Gasteiger partial charge in [-0.15, -0.1) is 0 Å². The Bertz CT molecular complexity index is 268. The summed E-state index contributed by atoms with van der Waals surface area (Å²) in [6, 6.07) is -0.474. The Morgan fingerprint density at radius 3 is 2.88 bits per heavy atom. The molecule has 1 saturated heterocycles. The molecule has 0 aromatic heterocycles. The van der Waals surface area contributed by atoms with E-state index < -0.39 is 0 Å². The summed E-state index contributed by atoms with van der Waals surface area (Å²) in [7, 11) is 1.59. The van der Waals surface area contributed by atoms with Crippen molar-refractivity contribution in [3.8, 4) is 0 Å². The first kappa shape index (κ1) is 13.0. The van der Waals surface area contributed by atoms with Crippen LogP contribution in [0.4, 0.5) is 0 Å². The van der Waals surface area contributed by atoms with E-state index in [1.165, 1.54) is 0 Å². The van der Waals surface area contributed by atoms with Crippen LogP contribution in [-0.2, 0) is 9.59 Å². The highest BCUT2D eigenvalue weighted by atomic mass is 16.2. The average molecular weight is 227 g/mol. The largest absolute Gasteiger partial charge is 0.357 e. The number of carbonyl (C=O) groups excluding carboxylic acids is 2. The van der Waals surface area contributed by atoms with Crippen LogP contribution in [0, 0.1) is 0 Å². The van der Waals surface area contributed by atoms with E-state index in [4.69, 9.17) is 0 Å². The first-order valence-corrected chi connectivity index (χ1v) is 5.87. The second kappa shape index (κ2) is 5.84. The zero-order valence-electron chi connectivity index (χ0n) is 10.2. The third-order valence-corrected chi connectivity index (χ3v) is 2.97. The van der Waals surface area contributed by atoms with Crippen LogP contribution in [0.2, 0.25) is 0 Å². The topological polar surface area (TPSA) is 61.4 Å². The molecule has 0 aliphatic carbocycles. The van der Waals surface area contributed by atoms with Crippen molar-refractivity contribution in [1.82, 2.24) is 15.5 Å². The van der Waals surface area contributed by atoms with Crippen LogP contribution >= 0.6 is 0 Å². The van der Waals surface area contributed by atoms with E-state index in [0.717, 1.165) is 19.4 Å². The molecular formula is C11H21N3O2. The molecule has 5 nitrogen and oxygen atoms in total. The molecule has 5 heteroatoms. The van der Waals surface area contributed by atoms with E-state index in [9.17, 15) is 9.59 Å². The van der Waals surface area contributed by atoms with Crippen LogP contribution in [0.5, 0.6) is 0 Å². The van der Waals surface area contributed by atoms with Crippen LogP contribution < -0.4 is 10.6 Å². The molecule has 1 heterocycles. The highest BCUT2D eigenvalue weighted by Gasteiger charge is 2.35. The summed E-state index contributed by atoms with van der Waals surface area (Å²) < 4.78 is 0. The summed E-state index contributed by atoms with van der Waals surface area (Å²) in [4.78, 5) is 25.0. The van der Waals surface area contributed by atoms with Crippen LogP contribution in [0.1, 0.15) is 26.7 Å². The second-order valence-electron chi connectivity index (χ2n) is 4.12. The Kier molecular flexibility index (Phi) is 4.73. The number of nitrogens with one attached hydrogen (secondary N) is 2. The van der Waals surface area contributed by atoms with Gasteiger partial charge < -0.3 is 15.5 Å². The zero-order chi connectivity index (χ0) is 12.1. The summed E-state index contributed by atoms with van der Waals surface area (Å²) in [5.74, 6) is -0.0611. The second-order valence-corrected chi connectivity index (χ2v) is 4.12. The maximum absolute atomic E-state index is 12.0. The van der Waals surface area contributed by atoms with Crippen molar-refractivity contribution in [2.24, 2.45) is 0 Å². The van der Waals surface area contributed by atoms with E-state index >= 15 is 0 Å². The predicted octanol–water partition coefficient (Wildman–Crippen LogP) is -0.279. The van der Waals surface area contributed by atoms with Crippen LogP contribution in [0.25, 0.3) is 0 Å². The van der Waals surface area contributed by atoms with Gasteiger partial charge in [0.05, 0.1) is 6.04 Å². The molecule has 1 aliphatic heterocycles. The molecule has 2 unspecified atom stereocenters. The summed E-state index contributed by atoms with van der Waals surface area (Å²) >= 11 is 0. The van der Waals surface area contributed by atoms with Crippen molar-refractivity contribution in [1.29, 1.82) is 0 Å². The predicted molar refractivity (Wildman–Crippen MR) is 61.9 cm³/mol. The van der Waals surface area contributed by atoms with E-state index in [0.29, 0.717) is 6.54 Å². The molecule has 0 saturated carbocycles. The standard InChI is InChI=1S/C11H21N3O2/c1-4-6-13-9-5-7-14(11(9)16)8(2)10(15)12-3/h8-9,13H,4-7H2,1-3H3,(H,12,15). The van der Waals surface area contributed by atoms with E-state index in [2.05, 4.69) is 17.6 Å². The molecule has 2 N–H and O–H groups in total. The Balaban J connectivity index is 2.53. The Labute approximate surface area is 96.6 Å². The van der Waals surface area contributed by atoms with Crippen molar-refractivity contribution < 1.29 is 9.59 Å². The number of nitrogens with zero attached hydrogens (tertiary/aromatic N) is 1. The summed E-state index contributed by atoms with van der Waals surface area (Å²) in [5, 5.41) is 5.77. The molecule has 2 amide bonds. The minimum atomic E-state index is -0.370. The van der Waals surface area contributed by atoms with Gasteiger partial charge in [-0.3, -0.25) is 9.59 Å². The number of hydrogen-bond acceptors (Lipinski definition) is 3. The SMILES string of the molecule is CCCNC1CCN(C(C)C(=O)NC)C1=O. The van der Waals surface area contributed by atoms with Gasteiger partial charge in [0.1, 0.15) is 6.04 Å². The summed E-state index contributed by atoms with van der Waals surface area (Å²) in [6.07, 6.45) is 1.80. The molecule has 92 valence electrons. The average Bonchev–Trinajstić information content (AvgIpc) is 2.66. The van der Waals surface area contributed by atoms with Gasteiger partial charge in [-0.2, -0.15) is 0 Å². The van der Waals surface area contributed by atoms with Gasteiger partial charge in [0, 0.05) is 13.6 Å². The Morgan fingerprint density at radius 2 is 2.31 bits per heavy atom. The van der Waals surface area contributed by atoms with Crippen molar-refractivity contribution in [2.75, 3.05) is 20.1 Å². The minimum absolute atomic E-state index is 0.0459. The maximum Gasteiger partial charge on any atom is 0.242 e. The lowest BCUT2D eigenvalue weighted by Crippen LogP contribution is -2.47. The molecule has 0 radical (unpaired) electrons. The quantitative estimate of drug-likeness (QED) is 0.679. The fraction of sp³-hybridized carbons (Fsp3) is 0.818. The molecule has 0 bridgehead atoms. The van der Waals surface area contributed by atoms with Crippen molar-refractivity contribution in [2.45, 2.75) is 38.8 Å². The fourth-order valence-electron chi connectivity index (χ4n) is 1.94. The van der Waals surface area contributed by atoms with Crippen LogP contribution in [0.15, 0.2) is 0 Å². The molecule has 1 fully saturated rings.